The van der Waals surface area contributed by atoms with Gasteiger partial charge in [-0.25, -0.2) is 9.78 Å². The molecule has 20 heavy (non-hydrogen) atoms. The van der Waals surface area contributed by atoms with Gasteiger partial charge in [0.1, 0.15) is 5.82 Å². The Morgan fingerprint density at radius 2 is 1.75 bits per heavy atom. The number of rotatable bonds is 10. The SMILES string of the molecule is CCCCCCCCCCOC(=O)c1ccc(N)nc1. The van der Waals surface area contributed by atoms with E-state index < -0.39 is 0 Å². The summed E-state index contributed by atoms with van der Waals surface area (Å²) in [7, 11) is 0. The Bertz CT molecular complexity index is 377. The van der Waals surface area contributed by atoms with Gasteiger partial charge in [-0.3, -0.25) is 0 Å². The van der Waals surface area contributed by atoms with Crippen LogP contribution in [-0.2, 0) is 4.74 Å². The first-order valence-corrected chi connectivity index (χ1v) is 7.62. The van der Waals surface area contributed by atoms with E-state index in [4.69, 9.17) is 10.5 Å². The summed E-state index contributed by atoms with van der Waals surface area (Å²) in [5.74, 6) is 0.0880. The summed E-state index contributed by atoms with van der Waals surface area (Å²) in [6.07, 6.45) is 11.3. The van der Waals surface area contributed by atoms with E-state index in [-0.39, 0.29) is 5.97 Å². The number of pyridine rings is 1. The third kappa shape index (κ3) is 7.12. The molecule has 0 saturated heterocycles. The highest BCUT2D eigenvalue weighted by Crippen LogP contribution is 2.09. The Balaban J connectivity index is 2.01. The molecule has 0 aromatic carbocycles. The molecule has 2 N–H and O–H groups in total. The third-order valence-electron chi connectivity index (χ3n) is 3.25. The maximum absolute atomic E-state index is 11.7. The van der Waals surface area contributed by atoms with E-state index in [0.29, 0.717) is 18.0 Å². The normalized spacial score (nSPS) is 10.4. The highest BCUT2D eigenvalue weighted by molar-refractivity contribution is 5.89. The summed E-state index contributed by atoms with van der Waals surface area (Å²) in [4.78, 5) is 15.5. The fourth-order valence-electron chi connectivity index (χ4n) is 2.01. The van der Waals surface area contributed by atoms with Crippen molar-refractivity contribution in [3.63, 3.8) is 0 Å². The predicted octanol–water partition coefficient (Wildman–Crippen LogP) is 3.96. The lowest BCUT2D eigenvalue weighted by atomic mass is 10.1. The number of anilines is 1. The molecule has 4 nitrogen and oxygen atoms in total. The van der Waals surface area contributed by atoms with E-state index in [1.54, 1.807) is 12.1 Å². The van der Waals surface area contributed by atoms with E-state index in [0.717, 1.165) is 12.8 Å². The molecule has 1 rings (SSSR count). The summed E-state index contributed by atoms with van der Waals surface area (Å²) < 4.78 is 5.19. The number of carbonyl (C=O) groups excluding carboxylic acids is 1. The predicted molar refractivity (Wildman–Crippen MR) is 81.5 cm³/mol. The maximum Gasteiger partial charge on any atom is 0.339 e. The van der Waals surface area contributed by atoms with Crippen LogP contribution >= 0.6 is 0 Å². The molecule has 0 atom stereocenters. The van der Waals surface area contributed by atoms with Crippen molar-refractivity contribution in [2.24, 2.45) is 0 Å². The fraction of sp³-hybridized carbons (Fsp3) is 0.625. The molecule has 0 aliphatic rings. The highest BCUT2D eigenvalue weighted by Gasteiger charge is 2.06. The second-order valence-corrected chi connectivity index (χ2v) is 5.08. The number of unbranched alkanes of at least 4 members (excludes halogenated alkanes) is 7. The first-order valence-electron chi connectivity index (χ1n) is 7.62. The van der Waals surface area contributed by atoms with Gasteiger partial charge in [0.15, 0.2) is 0 Å². The number of carbonyl (C=O) groups is 1. The highest BCUT2D eigenvalue weighted by atomic mass is 16.5. The van der Waals surface area contributed by atoms with Gasteiger partial charge >= 0.3 is 5.97 Å². The zero-order valence-electron chi connectivity index (χ0n) is 12.4. The summed E-state index contributed by atoms with van der Waals surface area (Å²) >= 11 is 0. The van der Waals surface area contributed by atoms with Crippen molar-refractivity contribution in [2.45, 2.75) is 58.3 Å². The maximum atomic E-state index is 11.7. The Kier molecular flexibility index (Phi) is 8.43. The number of nitrogens with two attached hydrogens (primary N) is 1. The molecule has 1 heterocycles. The zero-order valence-corrected chi connectivity index (χ0v) is 12.4. The lowest BCUT2D eigenvalue weighted by molar-refractivity contribution is 0.0497. The average molecular weight is 278 g/mol. The first kappa shape index (κ1) is 16.5. The fourth-order valence-corrected chi connectivity index (χ4v) is 2.01. The van der Waals surface area contributed by atoms with Crippen molar-refractivity contribution < 1.29 is 9.53 Å². The Morgan fingerprint density at radius 3 is 2.35 bits per heavy atom. The van der Waals surface area contributed by atoms with E-state index in [2.05, 4.69) is 11.9 Å². The molecule has 4 heteroatoms. The van der Waals surface area contributed by atoms with Crippen LogP contribution in [0.5, 0.6) is 0 Å². The van der Waals surface area contributed by atoms with Crippen molar-refractivity contribution in [3.05, 3.63) is 23.9 Å². The van der Waals surface area contributed by atoms with Crippen LogP contribution in [0.25, 0.3) is 0 Å². The number of nitrogens with zero attached hydrogens (tertiary/aromatic N) is 1. The van der Waals surface area contributed by atoms with Crippen molar-refractivity contribution in [1.29, 1.82) is 0 Å². The molecular formula is C16H26N2O2. The third-order valence-corrected chi connectivity index (χ3v) is 3.25. The van der Waals surface area contributed by atoms with Crippen LogP contribution in [-0.4, -0.2) is 17.6 Å². The Morgan fingerprint density at radius 1 is 1.10 bits per heavy atom. The molecule has 0 spiro atoms. The molecule has 0 aliphatic carbocycles. The second-order valence-electron chi connectivity index (χ2n) is 5.08. The molecule has 1 aromatic heterocycles. The summed E-state index contributed by atoms with van der Waals surface area (Å²) in [5, 5.41) is 0. The number of aromatic nitrogens is 1. The van der Waals surface area contributed by atoms with Gasteiger partial charge in [0.05, 0.1) is 12.2 Å². The number of nitrogen functional groups attached to an aromatic ring is 1. The largest absolute Gasteiger partial charge is 0.462 e. The number of esters is 1. The molecule has 0 unspecified atom stereocenters. The van der Waals surface area contributed by atoms with E-state index in [9.17, 15) is 4.79 Å². The van der Waals surface area contributed by atoms with Gasteiger partial charge in [0.25, 0.3) is 0 Å². The summed E-state index contributed by atoms with van der Waals surface area (Å²) in [6.45, 7) is 2.71. The Hall–Kier alpha value is -1.58. The molecule has 1 aromatic rings. The number of hydrogen-bond donors (Lipinski definition) is 1. The molecule has 0 radical (unpaired) electrons. The number of ether oxygens (including phenoxy) is 1. The van der Waals surface area contributed by atoms with E-state index in [1.165, 1.54) is 44.7 Å². The minimum Gasteiger partial charge on any atom is -0.462 e. The topological polar surface area (TPSA) is 65.2 Å². The molecule has 0 fully saturated rings. The summed E-state index contributed by atoms with van der Waals surface area (Å²) in [6, 6.07) is 3.24. The Labute approximate surface area is 121 Å². The van der Waals surface area contributed by atoms with Gasteiger partial charge in [0.2, 0.25) is 0 Å². The number of hydrogen-bond acceptors (Lipinski definition) is 4. The zero-order chi connectivity index (χ0) is 14.6. The molecule has 112 valence electrons. The minimum atomic E-state index is -0.319. The molecule has 0 amide bonds. The summed E-state index contributed by atoms with van der Waals surface area (Å²) in [5.41, 5.74) is 5.92. The lowest BCUT2D eigenvalue weighted by Gasteiger charge is -2.05. The van der Waals surface area contributed by atoms with Crippen molar-refractivity contribution in [2.75, 3.05) is 12.3 Å². The van der Waals surface area contributed by atoms with Crippen LogP contribution in [0.15, 0.2) is 18.3 Å². The van der Waals surface area contributed by atoms with Gasteiger partial charge in [0, 0.05) is 6.20 Å². The van der Waals surface area contributed by atoms with Gasteiger partial charge in [-0.05, 0) is 18.6 Å². The minimum absolute atomic E-state index is 0.319. The first-order chi connectivity index (χ1) is 9.74. The van der Waals surface area contributed by atoms with Crippen molar-refractivity contribution in [1.82, 2.24) is 4.98 Å². The van der Waals surface area contributed by atoms with Crippen LogP contribution in [0.1, 0.15) is 68.6 Å². The molecule has 0 aliphatic heterocycles. The van der Waals surface area contributed by atoms with Crippen molar-refractivity contribution >= 4 is 11.8 Å². The quantitative estimate of drug-likeness (QED) is 0.519. The molecular weight excluding hydrogens is 252 g/mol. The van der Waals surface area contributed by atoms with E-state index in [1.807, 2.05) is 0 Å². The monoisotopic (exact) mass is 278 g/mol. The van der Waals surface area contributed by atoms with Crippen LogP contribution in [0.2, 0.25) is 0 Å². The van der Waals surface area contributed by atoms with Crippen LogP contribution in [0.3, 0.4) is 0 Å². The van der Waals surface area contributed by atoms with Crippen LogP contribution in [0.4, 0.5) is 5.82 Å². The average Bonchev–Trinajstić information content (AvgIpc) is 2.46. The van der Waals surface area contributed by atoms with Crippen molar-refractivity contribution in [3.8, 4) is 0 Å². The van der Waals surface area contributed by atoms with Crippen LogP contribution < -0.4 is 5.73 Å². The van der Waals surface area contributed by atoms with Gasteiger partial charge in [-0.2, -0.15) is 0 Å². The second kappa shape index (κ2) is 10.2. The van der Waals surface area contributed by atoms with E-state index >= 15 is 0 Å². The van der Waals surface area contributed by atoms with Gasteiger partial charge < -0.3 is 10.5 Å². The van der Waals surface area contributed by atoms with Gasteiger partial charge in [-0.1, -0.05) is 51.9 Å². The van der Waals surface area contributed by atoms with Crippen LogP contribution in [0, 0.1) is 0 Å². The van der Waals surface area contributed by atoms with Gasteiger partial charge in [-0.15, -0.1) is 0 Å². The molecule has 0 saturated carbocycles. The standard InChI is InChI=1S/C16H26N2O2/c1-2-3-4-5-6-7-8-9-12-20-16(19)14-10-11-15(17)18-13-14/h10-11,13H,2-9,12H2,1H3,(H2,17,18). The molecule has 0 bridgehead atoms. The lowest BCUT2D eigenvalue weighted by Crippen LogP contribution is -2.07. The smallest absolute Gasteiger partial charge is 0.339 e.